The minimum Gasteiger partial charge on any atom is -0.366 e. The van der Waals surface area contributed by atoms with E-state index in [0.717, 1.165) is 43.3 Å². The molecule has 1 aliphatic carbocycles. The lowest BCUT2D eigenvalue weighted by Gasteiger charge is -2.17. The summed E-state index contributed by atoms with van der Waals surface area (Å²) >= 11 is 0. The van der Waals surface area contributed by atoms with Gasteiger partial charge in [-0.3, -0.25) is 4.90 Å². The summed E-state index contributed by atoms with van der Waals surface area (Å²) in [5.74, 6) is 2.32. The monoisotopic (exact) mass is 312 g/mol. The van der Waals surface area contributed by atoms with Gasteiger partial charge in [0.15, 0.2) is 0 Å². The first-order valence-electron chi connectivity index (χ1n) is 8.32. The highest BCUT2D eigenvalue weighted by Gasteiger charge is 2.27. The molecule has 2 fully saturated rings. The normalized spacial score (nSPS) is 21.5. The van der Waals surface area contributed by atoms with E-state index in [0.29, 0.717) is 12.0 Å². The number of nitrogens with one attached hydrogen (secondary N) is 1. The number of nitrogens with zero attached hydrogens (tertiary/aromatic N) is 3. The van der Waals surface area contributed by atoms with Gasteiger partial charge >= 0.3 is 0 Å². The van der Waals surface area contributed by atoms with Crippen LogP contribution in [0.4, 0.5) is 10.2 Å². The van der Waals surface area contributed by atoms with Crippen molar-refractivity contribution in [3.05, 3.63) is 53.7 Å². The Morgan fingerprint density at radius 1 is 1.22 bits per heavy atom. The zero-order valence-electron chi connectivity index (χ0n) is 13.1. The Labute approximate surface area is 135 Å². The van der Waals surface area contributed by atoms with E-state index in [9.17, 15) is 4.39 Å². The number of rotatable bonds is 5. The third-order valence-electron chi connectivity index (χ3n) is 4.54. The number of hydrogen-bond acceptors (Lipinski definition) is 4. The molecule has 4 nitrogen and oxygen atoms in total. The highest BCUT2D eigenvalue weighted by molar-refractivity contribution is 5.35. The Kier molecular flexibility index (Phi) is 3.95. The Morgan fingerprint density at radius 2 is 2.13 bits per heavy atom. The van der Waals surface area contributed by atoms with E-state index in [1.807, 2.05) is 18.3 Å². The third-order valence-corrected chi connectivity index (χ3v) is 4.54. The van der Waals surface area contributed by atoms with E-state index in [1.165, 1.54) is 18.9 Å². The summed E-state index contributed by atoms with van der Waals surface area (Å²) in [4.78, 5) is 11.3. The fourth-order valence-corrected chi connectivity index (χ4v) is 3.19. The van der Waals surface area contributed by atoms with Gasteiger partial charge in [0, 0.05) is 37.8 Å². The van der Waals surface area contributed by atoms with E-state index in [1.54, 1.807) is 12.1 Å². The zero-order chi connectivity index (χ0) is 15.6. The number of halogens is 1. The largest absolute Gasteiger partial charge is 0.366 e. The van der Waals surface area contributed by atoms with E-state index >= 15 is 0 Å². The minimum atomic E-state index is -0.162. The summed E-state index contributed by atoms with van der Waals surface area (Å²) in [7, 11) is 0. The van der Waals surface area contributed by atoms with Crippen molar-refractivity contribution in [2.75, 3.05) is 18.4 Å². The second-order valence-electron chi connectivity index (χ2n) is 6.57. The summed E-state index contributed by atoms with van der Waals surface area (Å²) < 4.78 is 13.3. The molecule has 1 N–H and O–H groups in total. The van der Waals surface area contributed by atoms with Crippen LogP contribution in [-0.2, 0) is 6.54 Å². The van der Waals surface area contributed by atoms with Crippen molar-refractivity contribution in [3.63, 3.8) is 0 Å². The smallest absolute Gasteiger partial charge is 0.133 e. The van der Waals surface area contributed by atoms with Crippen LogP contribution in [0.25, 0.3) is 0 Å². The van der Waals surface area contributed by atoms with Gasteiger partial charge in [-0.05, 0) is 43.0 Å². The minimum absolute atomic E-state index is 0.162. The molecule has 1 saturated heterocycles. The van der Waals surface area contributed by atoms with Gasteiger partial charge in [0.05, 0.1) is 0 Å². The van der Waals surface area contributed by atoms with Crippen LogP contribution in [0.2, 0.25) is 0 Å². The van der Waals surface area contributed by atoms with Crippen LogP contribution in [0.15, 0.2) is 36.5 Å². The maximum atomic E-state index is 13.3. The van der Waals surface area contributed by atoms with Crippen molar-refractivity contribution in [1.82, 2.24) is 14.9 Å². The number of hydrogen-bond donors (Lipinski definition) is 1. The number of anilines is 1. The summed E-state index contributed by atoms with van der Waals surface area (Å²) in [5.41, 5.74) is 1.03. The Morgan fingerprint density at radius 3 is 2.96 bits per heavy atom. The first-order chi connectivity index (χ1) is 11.3. The molecule has 1 aromatic heterocycles. The van der Waals surface area contributed by atoms with Crippen LogP contribution in [0.1, 0.15) is 36.6 Å². The molecule has 1 saturated carbocycles. The van der Waals surface area contributed by atoms with Gasteiger partial charge in [-0.15, -0.1) is 0 Å². The van der Waals surface area contributed by atoms with Gasteiger partial charge in [0.2, 0.25) is 0 Å². The predicted octanol–water partition coefficient (Wildman–Crippen LogP) is 3.18. The second-order valence-corrected chi connectivity index (χ2v) is 6.57. The van der Waals surface area contributed by atoms with Gasteiger partial charge in [0.1, 0.15) is 17.5 Å². The number of aromatic nitrogens is 2. The Balaban J connectivity index is 1.34. The molecule has 0 spiro atoms. The molecular formula is C18H21FN4. The molecule has 1 aromatic carbocycles. The van der Waals surface area contributed by atoms with Crippen molar-refractivity contribution in [3.8, 4) is 0 Å². The quantitative estimate of drug-likeness (QED) is 0.920. The van der Waals surface area contributed by atoms with Crippen molar-refractivity contribution < 1.29 is 4.39 Å². The van der Waals surface area contributed by atoms with Gasteiger partial charge in [0.25, 0.3) is 0 Å². The van der Waals surface area contributed by atoms with E-state index in [-0.39, 0.29) is 5.82 Å². The van der Waals surface area contributed by atoms with Crippen LogP contribution in [0.5, 0.6) is 0 Å². The molecule has 1 atom stereocenters. The van der Waals surface area contributed by atoms with Crippen molar-refractivity contribution in [1.29, 1.82) is 0 Å². The highest BCUT2D eigenvalue weighted by atomic mass is 19.1. The molecule has 2 aromatic rings. The predicted molar refractivity (Wildman–Crippen MR) is 87.7 cm³/mol. The molecule has 23 heavy (non-hydrogen) atoms. The maximum absolute atomic E-state index is 13.3. The van der Waals surface area contributed by atoms with Crippen LogP contribution in [-0.4, -0.2) is 34.0 Å². The van der Waals surface area contributed by atoms with Crippen molar-refractivity contribution in [2.24, 2.45) is 0 Å². The maximum Gasteiger partial charge on any atom is 0.133 e. The average Bonchev–Trinajstić information content (AvgIpc) is 3.30. The highest BCUT2D eigenvalue weighted by Crippen LogP contribution is 2.38. The van der Waals surface area contributed by atoms with Crippen molar-refractivity contribution in [2.45, 2.75) is 37.8 Å². The zero-order valence-corrected chi connectivity index (χ0v) is 13.1. The second kappa shape index (κ2) is 6.24. The topological polar surface area (TPSA) is 41.0 Å². The molecule has 1 unspecified atom stereocenters. The lowest BCUT2D eigenvalue weighted by atomic mass is 10.2. The number of likely N-dealkylation sites (tertiary alicyclic amines) is 1. The van der Waals surface area contributed by atoms with E-state index in [4.69, 9.17) is 0 Å². The van der Waals surface area contributed by atoms with Crippen LogP contribution in [0, 0.1) is 5.82 Å². The molecule has 0 radical (unpaired) electrons. The summed E-state index contributed by atoms with van der Waals surface area (Å²) in [6.07, 6.45) is 5.36. The summed E-state index contributed by atoms with van der Waals surface area (Å²) in [6, 6.07) is 9.21. The van der Waals surface area contributed by atoms with E-state index < -0.39 is 0 Å². The molecule has 5 heteroatoms. The standard InChI is InChI=1S/C18H21FN4/c19-15-3-1-2-13(10-15)11-23-9-7-16(12-23)21-17-6-8-20-18(22-17)14-4-5-14/h1-3,6,8,10,14,16H,4-5,7,9,11-12H2,(H,20,21,22). The molecular weight excluding hydrogens is 291 g/mol. The first-order valence-corrected chi connectivity index (χ1v) is 8.32. The van der Waals surface area contributed by atoms with Gasteiger partial charge in [-0.1, -0.05) is 12.1 Å². The lowest BCUT2D eigenvalue weighted by molar-refractivity contribution is 0.328. The van der Waals surface area contributed by atoms with Gasteiger partial charge in [-0.25, -0.2) is 14.4 Å². The Bertz CT molecular complexity index is 686. The van der Waals surface area contributed by atoms with Gasteiger partial charge in [-0.2, -0.15) is 0 Å². The SMILES string of the molecule is Fc1cccc(CN2CCC(Nc3ccnc(C4CC4)n3)C2)c1. The molecule has 120 valence electrons. The molecule has 0 bridgehead atoms. The van der Waals surface area contributed by atoms with E-state index in [2.05, 4.69) is 20.2 Å². The van der Waals surface area contributed by atoms with Crippen molar-refractivity contribution >= 4 is 5.82 Å². The fraction of sp³-hybridized carbons (Fsp3) is 0.444. The summed E-state index contributed by atoms with van der Waals surface area (Å²) in [5, 5.41) is 3.52. The van der Waals surface area contributed by atoms with Crippen LogP contribution >= 0.6 is 0 Å². The Hall–Kier alpha value is -2.01. The molecule has 0 amide bonds. The van der Waals surface area contributed by atoms with Crippen LogP contribution < -0.4 is 5.32 Å². The lowest BCUT2D eigenvalue weighted by Crippen LogP contribution is -2.26. The fourth-order valence-electron chi connectivity index (χ4n) is 3.19. The number of benzene rings is 1. The van der Waals surface area contributed by atoms with Crippen LogP contribution in [0.3, 0.4) is 0 Å². The third kappa shape index (κ3) is 3.67. The first kappa shape index (κ1) is 14.6. The molecule has 2 aliphatic rings. The summed E-state index contributed by atoms with van der Waals surface area (Å²) in [6.45, 7) is 2.78. The molecule has 1 aliphatic heterocycles. The average molecular weight is 312 g/mol. The molecule has 4 rings (SSSR count). The molecule has 2 heterocycles. The van der Waals surface area contributed by atoms with Gasteiger partial charge < -0.3 is 5.32 Å².